The summed E-state index contributed by atoms with van der Waals surface area (Å²) in [4.78, 5) is 29.5. The molecule has 0 fully saturated rings. The minimum Gasteiger partial charge on any atom is -0.444 e. The van der Waals surface area contributed by atoms with Gasteiger partial charge in [-0.3, -0.25) is 9.59 Å². The summed E-state index contributed by atoms with van der Waals surface area (Å²) in [5, 5.41) is 10.1. The van der Waals surface area contributed by atoms with Crippen LogP contribution >= 0.6 is 0 Å². The number of ketones is 1. The summed E-state index contributed by atoms with van der Waals surface area (Å²) in [5.41, 5.74) is 8.68. The van der Waals surface area contributed by atoms with Gasteiger partial charge in [0, 0.05) is 24.9 Å². The zero-order chi connectivity index (χ0) is 22.0. The SMILES string of the molecule is N#CC1=C(N)OC2=C(C(=O)C[C@@H](c3ccccc3)C2)[C@]12C(=O)N1CCCc3cccc2c31. The summed E-state index contributed by atoms with van der Waals surface area (Å²) >= 11 is 0. The quantitative estimate of drug-likeness (QED) is 0.759. The van der Waals surface area contributed by atoms with Gasteiger partial charge in [0.15, 0.2) is 5.78 Å². The van der Waals surface area contributed by atoms with Crippen LogP contribution in [0.15, 0.2) is 71.3 Å². The summed E-state index contributed by atoms with van der Waals surface area (Å²) in [7, 11) is 0. The number of fused-ring (bicyclic) bond motifs is 2. The van der Waals surface area contributed by atoms with E-state index < -0.39 is 5.41 Å². The number of nitrogens with zero attached hydrogens (tertiary/aromatic N) is 2. The molecule has 0 aromatic heterocycles. The topological polar surface area (TPSA) is 96.4 Å². The third-order valence-corrected chi connectivity index (χ3v) is 7.22. The third kappa shape index (κ3) is 2.23. The summed E-state index contributed by atoms with van der Waals surface area (Å²) < 4.78 is 5.90. The van der Waals surface area contributed by atoms with Gasteiger partial charge in [0.1, 0.15) is 22.8 Å². The molecule has 2 aromatic rings. The zero-order valence-corrected chi connectivity index (χ0v) is 17.4. The predicted molar refractivity (Wildman–Crippen MR) is 117 cm³/mol. The Labute approximate surface area is 185 Å². The van der Waals surface area contributed by atoms with Crippen molar-refractivity contribution in [1.29, 1.82) is 5.26 Å². The second kappa shape index (κ2) is 6.57. The monoisotopic (exact) mass is 423 g/mol. The molecular formula is C26H21N3O3. The molecule has 0 radical (unpaired) electrons. The van der Waals surface area contributed by atoms with Crippen molar-refractivity contribution in [3.63, 3.8) is 0 Å². The number of carbonyl (C=O) groups is 2. The van der Waals surface area contributed by atoms with Crippen molar-refractivity contribution >= 4 is 17.4 Å². The lowest BCUT2D eigenvalue weighted by Gasteiger charge is -2.39. The highest BCUT2D eigenvalue weighted by atomic mass is 16.5. The van der Waals surface area contributed by atoms with Crippen LogP contribution in [0.2, 0.25) is 0 Å². The van der Waals surface area contributed by atoms with E-state index in [1.165, 1.54) is 0 Å². The number of nitriles is 1. The van der Waals surface area contributed by atoms with E-state index in [9.17, 15) is 14.9 Å². The minimum absolute atomic E-state index is 0.0237. The molecule has 1 amide bonds. The fourth-order valence-corrected chi connectivity index (χ4v) is 5.94. The molecule has 2 aromatic carbocycles. The van der Waals surface area contributed by atoms with Gasteiger partial charge in [0.2, 0.25) is 11.8 Å². The highest BCUT2D eigenvalue weighted by molar-refractivity contribution is 6.20. The van der Waals surface area contributed by atoms with Gasteiger partial charge >= 0.3 is 0 Å². The average Bonchev–Trinajstić information content (AvgIpc) is 3.05. The molecular weight excluding hydrogens is 402 g/mol. The van der Waals surface area contributed by atoms with Crippen molar-refractivity contribution in [2.45, 2.75) is 37.0 Å². The number of rotatable bonds is 1. The van der Waals surface area contributed by atoms with E-state index in [1.54, 1.807) is 4.90 Å². The molecule has 2 atom stereocenters. The van der Waals surface area contributed by atoms with Crippen molar-refractivity contribution in [3.05, 3.63) is 88.0 Å². The Hall–Kier alpha value is -3.85. The fraction of sp³-hybridized carbons (Fsp3) is 0.269. The molecule has 6 nitrogen and oxygen atoms in total. The summed E-state index contributed by atoms with van der Waals surface area (Å²) in [5.74, 6) is -0.159. The smallest absolute Gasteiger partial charge is 0.247 e. The first-order chi connectivity index (χ1) is 15.6. The van der Waals surface area contributed by atoms with Gasteiger partial charge in [-0.25, -0.2) is 0 Å². The first-order valence-corrected chi connectivity index (χ1v) is 10.9. The summed E-state index contributed by atoms with van der Waals surface area (Å²) in [6, 6.07) is 17.7. The van der Waals surface area contributed by atoms with E-state index >= 15 is 0 Å². The molecule has 6 rings (SSSR count). The van der Waals surface area contributed by atoms with Gasteiger partial charge in [0.05, 0.1) is 11.3 Å². The fourth-order valence-electron chi connectivity index (χ4n) is 5.94. The Kier molecular flexibility index (Phi) is 3.88. The van der Waals surface area contributed by atoms with E-state index in [0.29, 0.717) is 29.9 Å². The van der Waals surface area contributed by atoms with Gasteiger partial charge in [-0.1, -0.05) is 48.5 Å². The predicted octanol–water partition coefficient (Wildman–Crippen LogP) is 3.34. The van der Waals surface area contributed by atoms with Crippen molar-refractivity contribution in [1.82, 2.24) is 0 Å². The largest absolute Gasteiger partial charge is 0.444 e. The first-order valence-electron chi connectivity index (χ1n) is 10.9. The van der Waals surface area contributed by atoms with Crippen LogP contribution in [-0.2, 0) is 26.2 Å². The van der Waals surface area contributed by atoms with Gasteiger partial charge in [-0.15, -0.1) is 0 Å². The van der Waals surface area contributed by atoms with Crippen molar-refractivity contribution in [3.8, 4) is 6.07 Å². The average molecular weight is 423 g/mol. The van der Waals surface area contributed by atoms with Gasteiger partial charge in [0.25, 0.3) is 0 Å². The Morgan fingerprint density at radius 1 is 1.09 bits per heavy atom. The minimum atomic E-state index is -1.51. The molecule has 0 unspecified atom stereocenters. The lowest BCUT2D eigenvalue weighted by molar-refractivity contribution is -0.125. The Morgan fingerprint density at radius 2 is 1.91 bits per heavy atom. The maximum atomic E-state index is 14.1. The van der Waals surface area contributed by atoms with E-state index in [1.807, 2.05) is 48.5 Å². The van der Waals surface area contributed by atoms with E-state index in [0.717, 1.165) is 29.7 Å². The van der Waals surface area contributed by atoms with E-state index in [4.69, 9.17) is 10.5 Å². The summed E-state index contributed by atoms with van der Waals surface area (Å²) in [6.07, 6.45) is 2.41. The van der Waals surface area contributed by atoms with Crippen LogP contribution in [0.1, 0.15) is 41.9 Å². The lowest BCUT2D eigenvalue weighted by Crippen LogP contribution is -2.49. The number of amides is 1. The second-order valence-electron chi connectivity index (χ2n) is 8.81. The Balaban J connectivity index is 1.61. The number of hydrogen-bond donors (Lipinski definition) is 1. The lowest BCUT2D eigenvalue weighted by atomic mass is 9.63. The third-order valence-electron chi connectivity index (χ3n) is 7.22. The van der Waals surface area contributed by atoms with Crippen LogP contribution in [0.4, 0.5) is 5.69 Å². The van der Waals surface area contributed by atoms with Crippen LogP contribution in [0.3, 0.4) is 0 Å². The maximum Gasteiger partial charge on any atom is 0.247 e. The number of Topliss-reactive ketones (excluding diaryl/α,β-unsaturated/α-hetero) is 1. The normalized spacial score (nSPS) is 26.1. The van der Waals surface area contributed by atoms with Crippen LogP contribution in [0.25, 0.3) is 0 Å². The van der Waals surface area contributed by atoms with Crippen molar-refractivity contribution < 1.29 is 14.3 Å². The van der Waals surface area contributed by atoms with Crippen molar-refractivity contribution in [2.24, 2.45) is 5.73 Å². The molecule has 0 saturated heterocycles. The van der Waals surface area contributed by atoms with Gasteiger partial charge in [-0.05, 0) is 29.9 Å². The van der Waals surface area contributed by atoms with Crippen LogP contribution in [0, 0.1) is 11.3 Å². The van der Waals surface area contributed by atoms with Crippen molar-refractivity contribution in [2.75, 3.05) is 11.4 Å². The molecule has 32 heavy (non-hydrogen) atoms. The maximum absolute atomic E-state index is 14.1. The van der Waals surface area contributed by atoms with E-state index in [2.05, 4.69) is 6.07 Å². The number of benzene rings is 2. The Morgan fingerprint density at radius 3 is 2.69 bits per heavy atom. The molecule has 0 bridgehead atoms. The number of carbonyl (C=O) groups excluding carboxylic acids is 2. The molecule has 2 N–H and O–H groups in total. The highest BCUT2D eigenvalue weighted by Gasteiger charge is 2.63. The summed E-state index contributed by atoms with van der Waals surface area (Å²) in [6.45, 7) is 0.563. The zero-order valence-electron chi connectivity index (χ0n) is 17.4. The molecule has 1 spiro atoms. The van der Waals surface area contributed by atoms with Gasteiger partial charge in [-0.2, -0.15) is 5.26 Å². The molecule has 3 heterocycles. The second-order valence-corrected chi connectivity index (χ2v) is 8.81. The number of aryl methyl sites for hydroxylation is 1. The number of nitrogens with two attached hydrogens (primary N) is 1. The highest BCUT2D eigenvalue weighted by Crippen LogP contribution is 2.58. The molecule has 158 valence electrons. The Bertz CT molecular complexity index is 1300. The number of anilines is 1. The van der Waals surface area contributed by atoms with Crippen LogP contribution in [0.5, 0.6) is 0 Å². The number of para-hydroxylation sites is 1. The number of allylic oxidation sites excluding steroid dienone is 1. The molecule has 3 aliphatic heterocycles. The molecule has 1 aliphatic carbocycles. The molecule has 0 saturated carbocycles. The number of hydrogen-bond acceptors (Lipinski definition) is 5. The molecule has 6 heteroatoms. The molecule has 4 aliphatic rings. The van der Waals surface area contributed by atoms with Gasteiger partial charge < -0.3 is 15.4 Å². The standard InChI is InChI=1S/C26H21N3O3/c27-14-19-24(28)32-21-13-17(15-6-2-1-3-7-15)12-20(30)22(21)26(19)18-10-4-8-16-9-5-11-29(23(16)18)25(26)31/h1-4,6-8,10,17H,5,9,11-13,28H2/t17-,26-/m1/s1. The van der Waals surface area contributed by atoms with E-state index in [-0.39, 0.29) is 35.5 Å². The number of ether oxygens (including phenoxy) is 1. The van der Waals surface area contributed by atoms with Crippen LogP contribution in [-0.4, -0.2) is 18.2 Å². The van der Waals surface area contributed by atoms with Crippen LogP contribution < -0.4 is 10.6 Å². The first kappa shape index (κ1) is 18.9.